The minimum absolute atomic E-state index is 0.599. The summed E-state index contributed by atoms with van der Waals surface area (Å²) >= 11 is 6.73. The third kappa shape index (κ3) is 2.74. The van der Waals surface area contributed by atoms with E-state index in [1.165, 1.54) is 0 Å². The summed E-state index contributed by atoms with van der Waals surface area (Å²) in [5.74, 6) is 1.42. The highest BCUT2D eigenvalue weighted by atomic mass is 32.1. The predicted molar refractivity (Wildman–Crippen MR) is 69.1 cm³/mol. The van der Waals surface area contributed by atoms with Crippen molar-refractivity contribution >= 4 is 23.6 Å². The fourth-order valence-corrected chi connectivity index (χ4v) is 2.31. The minimum atomic E-state index is 0.599. The molecule has 16 heavy (non-hydrogen) atoms. The van der Waals surface area contributed by atoms with Crippen molar-refractivity contribution in [3.8, 4) is 10.7 Å². The van der Waals surface area contributed by atoms with E-state index in [4.69, 9.17) is 12.2 Å². The van der Waals surface area contributed by atoms with Gasteiger partial charge in [-0.25, -0.2) is 4.98 Å². The van der Waals surface area contributed by atoms with Crippen LogP contribution in [0, 0.1) is 10.6 Å². The smallest absolute Gasteiger partial charge is 0.150 e. The van der Waals surface area contributed by atoms with E-state index in [0.717, 1.165) is 22.8 Å². The van der Waals surface area contributed by atoms with Crippen molar-refractivity contribution < 1.29 is 0 Å². The van der Waals surface area contributed by atoms with Gasteiger partial charge >= 0.3 is 0 Å². The molecule has 3 nitrogen and oxygen atoms in total. The molecule has 0 saturated heterocycles. The van der Waals surface area contributed by atoms with E-state index < -0.39 is 0 Å². The maximum absolute atomic E-state index is 5.17. The lowest BCUT2D eigenvalue weighted by atomic mass is 10.1. The molecule has 84 valence electrons. The molecule has 0 radical (unpaired) electrons. The zero-order valence-electron chi connectivity index (χ0n) is 9.23. The van der Waals surface area contributed by atoms with Crippen LogP contribution in [-0.2, 0) is 6.42 Å². The van der Waals surface area contributed by atoms with Gasteiger partial charge in [0.2, 0.25) is 0 Å². The summed E-state index contributed by atoms with van der Waals surface area (Å²) in [6.45, 7) is 4.37. The van der Waals surface area contributed by atoms with Gasteiger partial charge in [-0.3, -0.25) is 4.98 Å². The number of aromatic amines is 1. The van der Waals surface area contributed by atoms with Gasteiger partial charge in [0.05, 0.1) is 10.4 Å². The molecule has 0 amide bonds. The highest BCUT2D eigenvalue weighted by Crippen LogP contribution is 2.19. The lowest BCUT2D eigenvalue weighted by molar-refractivity contribution is 0.634. The summed E-state index contributed by atoms with van der Waals surface area (Å²) in [6.07, 6.45) is 2.79. The zero-order valence-corrected chi connectivity index (χ0v) is 10.9. The summed E-state index contributed by atoms with van der Waals surface area (Å²) in [4.78, 5) is 12.7. The number of rotatable bonds is 3. The molecule has 2 heterocycles. The lowest BCUT2D eigenvalue weighted by Gasteiger charge is -2.06. The van der Waals surface area contributed by atoms with Gasteiger partial charge in [0.1, 0.15) is 4.64 Å². The first kappa shape index (κ1) is 11.4. The van der Waals surface area contributed by atoms with Crippen LogP contribution in [0.3, 0.4) is 0 Å². The topological polar surface area (TPSA) is 41.6 Å². The van der Waals surface area contributed by atoms with E-state index in [1.807, 2.05) is 6.07 Å². The molecule has 5 heteroatoms. The fraction of sp³-hybridized carbons (Fsp3) is 0.364. The average molecular weight is 251 g/mol. The summed E-state index contributed by atoms with van der Waals surface area (Å²) < 4.78 is 0.637. The standard InChI is InChI=1S/C11H13N3S2/c1-7(2)3-8-4-10(15)14-11(13-8)9-5-12-6-16-9/h4-7H,3H2,1-2H3,(H,13,14,15). The van der Waals surface area contributed by atoms with Crippen molar-refractivity contribution in [2.45, 2.75) is 20.3 Å². The van der Waals surface area contributed by atoms with E-state index >= 15 is 0 Å². The first-order valence-corrected chi connectivity index (χ1v) is 6.43. The number of aromatic nitrogens is 3. The Morgan fingerprint density at radius 3 is 2.94 bits per heavy atom. The van der Waals surface area contributed by atoms with Crippen LogP contribution in [0.5, 0.6) is 0 Å². The molecule has 0 fully saturated rings. The normalized spacial score (nSPS) is 10.9. The molecule has 0 aliphatic heterocycles. The largest absolute Gasteiger partial charge is 0.342 e. The Bertz CT molecular complexity index is 514. The Hall–Kier alpha value is -1.07. The maximum atomic E-state index is 5.17. The number of nitrogens with one attached hydrogen (secondary N) is 1. The second-order valence-electron chi connectivity index (χ2n) is 4.06. The van der Waals surface area contributed by atoms with Crippen molar-refractivity contribution in [3.05, 3.63) is 28.1 Å². The van der Waals surface area contributed by atoms with Gasteiger partial charge in [-0.05, 0) is 18.4 Å². The molecule has 0 aliphatic carbocycles. The number of thiazole rings is 1. The van der Waals surface area contributed by atoms with E-state index in [1.54, 1.807) is 23.0 Å². The minimum Gasteiger partial charge on any atom is -0.342 e. The summed E-state index contributed by atoms with van der Waals surface area (Å²) in [5, 5.41) is 0. The molecule has 0 bridgehead atoms. The van der Waals surface area contributed by atoms with Crippen molar-refractivity contribution in [2.24, 2.45) is 5.92 Å². The molecule has 1 N–H and O–H groups in total. The molecule has 0 spiro atoms. The Kier molecular flexibility index (Phi) is 3.46. The van der Waals surface area contributed by atoms with Crippen LogP contribution in [0.2, 0.25) is 0 Å². The van der Waals surface area contributed by atoms with Gasteiger partial charge < -0.3 is 4.98 Å². The molecule has 0 aliphatic rings. The first-order valence-electron chi connectivity index (χ1n) is 5.14. The third-order valence-electron chi connectivity index (χ3n) is 2.09. The second kappa shape index (κ2) is 4.84. The second-order valence-corrected chi connectivity index (χ2v) is 5.36. The van der Waals surface area contributed by atoms with Crippen LogP contribution in [0.4, 0.5) is 0 Å². The number of H-pyrrole nitrogens is 1. The molecule has 0 saturated carbocycles. The van der Waals surface area contributed by atoms with Gasteiger partial charge in [-0.1, -0.05) is 26.1 Å². The van der Waals surface area contributed by atoms with Crippen molar-refractivity contribution in [3.63, 3.8) is 0 Å². The monoisotopic (exact) mass is 251 g/mol. The van der Waals surface area contributed by atoms with Crippen molar-refractivity contribution in [1.29, 1.82) is 0 Å². The molecule has 2 rings (SSSR count). The molecule has 2 aromatic rings. The predicted octanol–water partition coefficient (Wildman–Crippen LogP) is 3.46. The highest BCUT2D eigenvalue weighted by Gasteiger charge is 2.05. The van der Waals surface area contributed by atoms with Gasteiger partial charge in [-0.15, -0.1) is 11.3 Å². The van der Waals surface area contributed by atoms with Crippen molar-refractivity contribution in [1.82, 2.24) is 15.0 Å². The van der Waals surface area contributed by atoms with E-state index in [0.29, 0.717) is 10.6 Å². The van der Waals surface area contributed by atoms with E-state index in [2.05, 4.69) is 28.8 Å². The molecule has 0 atom stereocenters. The van der Waals surface area contributed by atoms with Gasteiger partial charge in [0, 0.05) is 11.9 Å². The number of nitrogens with zero attached hydrogens (tertiary/aromatic N) is 2. The number of hydrogen-bond acceptors (Lipinski definition) is 4. The molecular formula is C11H13N3S2. The third-order valence-corrected chi connectivity index (χ3v) is 3.08. The maximum Gasteiger partial charge on any atom is 0.150 e. The fourth-order valence-electron chi connectivity index (χ4n) is 1.51. The summed E-state index contributed by atoms with van der Waals surface area (Å²) in [7, 11) is 0. The SMILES string of the molecule is CC(C)Cc1cc(=S)nc(-c2cncs2)[nH]1. The Balaban J connectivity index is 2.40. The summed E-state index contributed by atoms with van der Waals surface area (Å²) in [5.41, 5.74) is 2.93. The van der Waals surface area contributed by atoms with Crippen LogP contribution in [-0.4, -0.2) is 15.0 Å². The summed E-state index contributed by atoms with van der Waals surface area (Å²) in [6, 6.07) is 1.93. The van der Waals surface area contributed by atoms with Crippen LogP contribution >= 0.6 is 23.6 Å². The van der Waals surface area contributed by atoms with Crippen molar-refractivity contribution in [2.75, 3.05) is 0 Å². The van der Waals surface area contributed by atoms with E-state index in [-0.39, 0.29) is 0 Å². The molecule has 0 aromatic carbocycles. The quantitative estimate of drug-likeness (QED) is 0.849. The molecule has 2 aromatic heterocycles. The first-order chi connectivity index (χ1) is 7.65. The Morgan fingerprint density at radius 2 is 2.31 bits per heavy atom. The highest BCUT2D eigenvalue weighted by molar-refractivity contribution is 7.71. The molecular weight excluding hydrogens is 238 g/mol. The molecule has 0 unspecified atom stereocenters. The van der Waals surface area contributed by atoms with Gasteiger partial charge in [0.15, 0.2) is 5.82 Å². The zero-order chi connectivity index (χ0) is 11.5. The lowest BCUT2D eigenvalue weighted by Crippen LogP contribution is -2.00. The average Bonchev–Trinajstić information content (AvgIpc) is 2.67. The van der Waals surface area contributed by atoms with E-state index in [9.17, 15) is 0 Å². The number of hydrogen-bond donors (Lipinski definition) is 1. The van der Waals surface area contributed by atoms with Crippen LogP contribution in [0.25, 0.3) is 10.7 Å². The van der Waals surface area contributed by atoms with Gasteiger partial charge in [-0.2, -0.15) is 0 Å². The van der Waals surface area contributed by atoms with Gasteiger partial charge in [0.25, 0.3) is 0 Å². The Morgan fingerprint density at radius 1 is 1.50 bits per heavy atom. The van der Waals surface area contributed by atoms with Crippen LogP contribution in [0.1, 0.15) is 19.5 Å². The van der Waals surface area contributed by atoms with Crippen LogP contribution in [0.15, 0.2) is 17.8 Å². The van der Waals surface area contributed by atoms with Crippen LogP contribution < -0.4 is 0 Å². The Labute approximate surface area is 104 Å².